The summed E-state index contributed by atoms with van der Waals surface area (Å²) in [7, 11) is 0. The fraction of sp³-hybridized carbons (Fsp3) is 0.911. The molecule has 0 amide bonds. The van der Waals surface area contributed by atoms with Crippen molar-refractivity contribution < 1.29 is 78.9 Å². The van der Waals surface area contributed by atoms with Crippen LogP contribution in [-0.4, -0.2) is 152 Å². The zero-order valence-corrected chi connectivity index (χ0v) is 36.6. The van der Waals surface area contributed by atoms with Crippen LogP contribution in [0.3, 0.4) is 0 Å². The molecule has 0 unspecified atom stereocenters. The number of ether oxygens (including phenoxy) is 6. The fourth-order valence-corrected chi connectivity index (χ4v) is 14.6. The third-order valence-electron chi connectivity index (χ3n) is 18.4. The molecule has 16 nitrogen and oxygen atoms in total. The Kier molecular flexibility index (Phi) is 11.6. The van der Waals surface area contributed by atoms with Crippen molar-refractivity contribution in [1.29, 1.82) is 0 Å². The summed E-state index contributed by atoms with van der Waals surface area (Å²) in [6, 6.07) is 0. The molecular weight excluding hydrogens is 796 g/mol. The molecule has 0 radical (unpaired) electrons. The molecule has 0 aromatic rings. The molecule has 8 rings (SSSR count). The third kappa shape index (κ3) is 6.65. The second-order valence-corrected chi connectivity index (χ2v) is 22.0. The first kappa shape index (κ1) is 45.8. The van der Waals surface area contributed by atoms with Gasteiger partial charge in [0.15, 0.2) is 12.6 Å². The highest BCUT2D eigenvalue weighted by atomic mass is 16.7. The molecule has 61 heavy (non-hydrogen) atoms. The molecule has 5 aliphatic carbocycles. The van der Waals surface area contributed by atoms with Crippen molar-refractivity contribution in [3.63, 3.8) is 0 Å². The SMILES string of the molecule is C[C@H]1O[C@@H](O[C@H]2CC[C@@]3(C)[C@@H](CC[C@]4(C)[C@@H]3C=C[C@]35OC[C@@]6(CCC(C)(C)C[C@H]63)[C@H](O)C[C@]54C)[C@]2(C)CO)[C@H](O)[C@@H](O[C@@H]2O[C@H](COC(=O)CC(=O)O)[C@@H](O)[C@H](O)[C@H]2O)[C@H]1O. The van der Waals surface area contributed by atoms with Gasteiger partial charge in [-0.3, -0.25) is 9.59 Å². The maximum absolute atomic E-state index is 12.2. The Bertz CT molecular complexity index is 1730. The molecule has 8 aliphatic rings. The molecule has 1 spiro atoms. The molecule has 3 heterocycles. The lowest BCUT2D eigenvalue weighted by molar-refractivity contribution is -0.367. The molecule has 346 valence electrons. The Hall–Kier alpha value is -1.80. The number of fused-ring (bicyclic) bond motifs is 4. The van der Waals surface area contributed by atoms with Crippen LogP contribution in [0.2, 0.25) is 0 Å². The van der Waals surface area contributed by atoms with Gasteiger partial charge in [-0.05, 0) is 86.4 Å². The van der Waals surface area contributed by atoms with Crippen molar-refractivity contribution in [1.82, 2.24) is 0 Å². The number of carboxylic acids is 1. The van der Waals surface area contributed by atoms with E-state index < -0.39 is 110 Å². The molecule has 7 fully saturated rings. The number of carbonyl (C=O) groups is 2. The highest BCUT2D eigenvalue weighted by Gasteiger charge is 2.79. The minimum absolute atomic E-state index is 0.00846. The summed E-state index contributed by atoms with van der Waals surface area (Å²) in [5.74, 6) is -2.21. The standard InChI is InChI=1S/C45H70O16/c1-22-31(51)36(61-37-34(54)33(53)32(52)23(59-37)19-56-30(50)16-29(48)49)35(55)38(58-22)60-28-10-11-40(4)24(41(28,5)20-46)8-12-42(6)25(40)9-13-45-26-17-39(2,3)14-15-44(26,21-57-45)27(47)18-43(42,45)7/h9,13,22-28,31-38,46-47,51-55H,8,10-12,14-21H2,1-7H3,(H,48,49)/t22-,23-,24-,25-,26-,27-,28+,31+,32-,33+,34-,35-,36+,37+,38+,40+,41+,42-,43+,44-,45+/m1/s1. The van der Waals surface area contributed by atoms with E-state index in [2.05, 4.69) is 46.8 Å². The zero-order chi connectivity index (χ0) is 44.5. The number of aliphatic hydroxyl groups is 7. The normalized spacial score (nSPS) is 54.8. The predicted octanol–water partition coefficient (Wildman–Crippen LogP) is 1.80. The zero-order valence-electron chi connectivity index (χ0n) is 36.6. The van der Waals surface area contributed by atoms with Gasteiger partial charge in [0.2, 0.25) is 0 Å². The maximum atomic E-state index is 12.2. The van der Waals surface area contributed by atoms with E-state index in [0.717, 1.165) is 38.5 Å². The van der Waals surface area contributed by atoms with Crippen molar-refractivity contribution in [2.24, 2.45) is 50.2 Å². The Morgan fingerprint density at radius 3 is 2.18 bits per heavy atom. The number of hydrogen-bond donors (Lipinski definition) is 8. The number of allylic oxidation sites excluding steroid dienone is 1. The van der Waals surface area contributed by atoms with E-state index in [9.17, 15) is 45.3 Å². The van der Waals surface area contributed by atoms with Gasteiger partial charge in [0.1, 0.15) is 55.8 Å². The van der Waals surface area contributed by atoms with Gasteiger partial charge >= 0.3 is 11.9 Å². The molecular formula is C45H70O16. The first-order chi connectivity index (χ1) is 28.4. The quantitative estimate of drug-likeness (QED) is 0.0712. The van der Waals surface area contributed by atoms with Gasteiger partial charge in [0, 0.05) is 22.2 Å². The molecule has 2 bridgehead atoms. The van der Waals surface area contributed by atoms with Gasteiger partial charge in [-0.2, -0.15) is 0 Å². The van der Waals surface area contributed by atoms with Crippen molar-refractivity contribution >= 4 is 11.9 Å². The van der Waals surface area contributed by atoms with Gasteiger partial charge in [0.05, 0.1) is 37.1 Å². The minimum atomic E-state index is -1.86. The topological polar surface area (TPSA) is 251 Å². The number of aliphatic hydroxyl groups excluding tert-OH is 7. The van der Waals surface area contributed by atoms with E-state index in [4.69, 9.17) is 33.5 Å². The second-order valence-electron chi connectivity index (χ2n) is 22.0. The number of hydrogen-bond acceptors (Lipinski definition) is 15. The van der Waals surface area contributed by atoms with Crippen LogP contribution in [0.4, 0.5) is 0 Å². The molecule has 3 saturated heterocycles. The molecule has 3 aliphatic heterocycles. The van der Waals surface area contributed by atoms with Gasteiger partial charge in [-0.15, -0.1) is 0 Å². The first-order valence-electron chi connectivity index (χ1n) is 22.5. The van der Waals surface area contributed by atoms with Crippen LogP contribution in [0.15, 0.2) is 12.2 Å². The summed E-state index contributed by atoms with van der Waals surface area (Å²) in [6.07, 6.45) is -6.06. The Morgan fingerprint density at radius 2 is 1.49 bits per heavy atom. The monoisotopic (exact) mass is 866 g/mol. The first-order valence-corrected chi connectivity index (χ1v) is 22.5. The molecule has 8 N–H and O–H groups in total. The third-order valence-corrected chi connectivity index (χ3v) is 18.4. The summed E-state index contributed by atoms with van der Waals surface area (Å²) in [6.45, 7) is 15.1. The van der Waals surface area contributed by atoms with Crippen LogP contribution >= 0.6 is 0 Å². The average molecular weight is 867 g/mol. The summed E-state index contributed by atoms with van der Waals surface area (Å²) < 4.78 is 36.3. The summed E-state index contributed by atoms with van der Waals surface area (Å²) >= 11 is 0. The lowest BCUT2D eigenvalue weighted by atomic mass is 9.32. The largest absolute Gasteiger partial charge is 0.481 e. The molecule has 0 aromatic heterocycles. The predicted molar refractivity (Wildman–Crippen MR) is 213 cm³/mol. The van der Waals surface area contributed by atoms with Crippen LogP contribution in [0.1, 0.15) is 106 Å². The van der Waals surface area contributed by atoms with Crippen LogP contribution in [0.5, 0.6) is 0 Å². The maximum Gasteiger partial charge on any atom is 0.317 e. The lowest BCUT2D eigenvalue weighted by Gasteiger charge is -2.73. The Balaban J connectivity index is 1.01. The van der Waals surface area contributed by atoms with E-state index in [0.29, 0.717) is 19.4 Å². The minimum Gasteiger partial charge on any atom is -0.481 e. The number of carboxylic acid groups (broad SMARTS) is 1. The molecule has 21 atom stereocenters. The summed E-state index contributed by atoms with van der Waals surface area (Å²) in [5, 5.41) is 87.3. The Labute approximate surface area is 357 Å². The number of carbonyl (C=O) groups excluding carboxylic acids is 1. The second kappa shape index (κ2) is 15.4. The smallest absolute Gasteiger partial charge is 0.317 e. The van der Waals surface area contributed by atoms with Crippen LogP contribution < -0.4 is 0 Å². The fourth-order valence-electron chi connectivity index (χ4n) is 14.6. The highest BCUT2D eigenvalue weighted by Crippen LogP contribution is 2.79. The van der Waals surface area contributed by atoms with Gasteiger partial charge in [-0.25, -0.2) is 0 Å². The lowest BCUT2D eigenvalue weighted by Crippen LogP contribution is -2.72. The number of aliphatic carboxylic acids is 1. The van der Waals surface area contributed by atoms with E-state index >= 15 is 0 Å². The molecule has 4 saturated carbocycles. The highest BCUT2D eigenvalue weighted by molar-refractivity contribution is 5.90. The van der Waals surface area contributed by atoms with Gasteiger partial charge < -0.3 is 69.3 Å². The number of rotatable bonds is 9. The summed E-state index contributed by atoms with van der Waals surface area (Å²) in [5.41, 5.74) is -2.16. The van der Waals surface area contributed by atoms with Crippen LogP contribution in [-0.2, 0) is 38.0 Å². The van der Waals surface area contributed by atoms with Crippen LogP contribution in [0.25, 0.3) is 0 Å². The van der Waals surface area contributed by atoms with Gasteiger partial charge in [0.25, 0.3) is 0 Å². The molecule has 16 heteroatoms. The average Bonchev–Trinajstić information content (AvgIpc) is 3.47. The van der Waals surface area contributed by atoms with Crippen molar-refractivity contribution in [2.75, 3.05) is 19.8 Å². The van der Waals surface area contributed by atoms with E-state index in [1.54, 1.807) is 6.92 Å². The van der Waals surface area contributed by atoms with Crippen molar-refractivity contribution in [2.45, 2.75) is 185 Å². The van der Waals surface area contributed by atoms with Crippen molar-refractivity contribution in [3.8, 4) is 0 Å². The van der Waals surface area contributed by atoms with E-state index in [-0.39, 0.29) is 51.4 Å². The van der Waals surface area contributed by atoms with E-state index in [1.807, 2.05) is 6.92 Å². The summed E-state index contributed by atoms with van der Waals surface area (Å²) in [4.78, 5) is 22.7. The van der Waals surface area contributed by atoms with E-state index in [1.165, 1.54) is 0 Å². The molecule has 0 aromatic carbocycles. The van der Waals surface area contributed by atoms with Gasteiger partial charge in [-0.1, -0.05) is 53.7 Å². The number of esters is 1. The van der Waals surface area contributed by atoms with Crippen LogP contribution in [0, 0.1) is 50.2 Å². The van der Waals surface area contributed by atoms with Crippen molar-refractivity contribution in [3.05, 3.63) is 12.2 Å². The Morgan fingerprint density at radius 1 is 0.787 bits per heavy atom.